The molecule has 7 heteroatoms. The first-order valence-corrected chi connectivity index (χ1v) is 6.12. The number of esters is 1. The Morgan fingerprint density at radius 2 is 2.21 bits per heavy atom. The lowest BCUT2D eigenvalue weighted by Crippen LogP contribution is -2.45. The summed E-state index contributed by atoms with van der Waals surface area (Å²) < 4.78 is 4.62. The van der Waals surface area contributed by atoms with Crippen LogP contribution < -0.4 is 5.73 Å². The second-order valence-electron chi connectivity index (χ2n) is 4.78. The highest BCUT2D eigenvalue weighted by atomic mass is 16.5. The Balaban J connectivity index is 2.26. The second-order valence-corrected chi connectivity index (χ2v) is 4.78. The van der Waals surface area contributed by atoms with Crippen LogP contribution in [0.5, 0.6) is 0 Å². The van der Waals surface area contributed by atoms with Gasteiger partial charge in [-0.2, -0.15) is 0 Å². The van der Waals surface area contributed by atoms with Crippen molar-refractivity contribution in [2.45, 2.75) is 6.04 Å². The average molecular weight is 265 g/mol. The standard InChI is InChI=1S/C12H19N5O2/c1-16-4-5-17(2)9(7-16)11-14-6-8(10(13)15-11)12(18)19-3/h6,9H,4-5,7H2,1-3H3,(H2,13,14,15). The lowest BCUT2D eigenvalue weighted by atomic mass is 10.1. The molecule has 0 aliphatic carbocycles. The number of hydrogen-bond acceptors (Lipinski definition) is 7. The van der Waals surface area contributed by atoms with E-state index >= 15 is 0 Å². The highest BCUT2D eigenvalue weighted by Gasteiger charge is 2.27. The van der Waals surface area contributed by atoms with Gasteiger partial charge in [-0.1, -0.05) is 0 Å². The molecular weight excluding hydrogens is 246 g/mol. The summed E-state index contributed by atoms with van der Waals surface area (Å²) in [5.41, 5.74) is 6.01. The predicted octanol–water partition coefficient (Wildman–Crippen LogP) is -0.236. The Hall–Kier alpha value is -1.73. The van der Waals surface area contributed by atoms with E-state index in [1.807, 2.05) is 7.05 Å². The van der Waals surface area contributed by atoms with E-state index in [4.69, 9.17) is 5.73 Å². The van der Waals surface area contributed by atoms with E-state index in [1.54, 1.807) is 0 Å². The number of aromatic nitrogens is 2. The molecule has 1 unspecified atom stereocenters. The smallest absolute Gasteiger partial charge is 0.343 e. The number of carbonyl (C=O) groups is 1. The largest absolute Gasteiger partial charge is 0.465 e. The van der Waals surface area contributed by atoms with Gasteiger partial charge in [-0.3, -0.25) is 4.90 Å². The molecule has 2 N–H and O–H groups in total. The van der Waals surface area contributed by atoms with Gasteiger partial charge in [0.25, 0.3) is 0 Å². The molecule has 1 atom stereocenters. The minimum Gasteiger partial charge on any atom is -0.465 e. The van der Waals surface area contributed by atoms with Crippen LogP contribution in [0.3, 0.4) is 0 Å². The average Bonchev–Trinajstić information content (AvgIpc) is 2.40. The van der Waals surface area contributed by atoms with Crippen molar-refractivity contribution in [3.63, 3.8) is 0 Å². The summed E-state index contributed by atoms with van der Waals surface area (Å²) in [7, 11) is 5.40. The van der Waals surface area contributed by atoms with Gasteiger partial charge in [0.2, 0.25) is 0 Å². The van der Waals surface area contributed by atoms with Gasteiger partial charge >= 0.3 is 5.97 Å². The zero-order valence-electron chi connectivity index (χ0n) is 11.5. The monoisotopic (exact) mass is 265 g/mol. The van der Waals surface area contributed by atoms with E-state index < -0.39 is 5.97 Å². The van der Waals surface area contributed by atoms with E-state index in [1.165, 1.54) is 13.3 Å². The number of nitrogen functional groups attached to an aromatic ring is 1. The molecule has 2 heterocycles. The van der Waals surface area contributed by atoms with Crippen LogP contribution in [0.4, 0.5) is 5.82 Å². The summed E-state index contributed by atoms with van der Waals surface area (Å²) >= 11 is 0. The molecule has 1 fully saturated rings. The lowest BCUT2D eigenvalue weighted by molar-refractivity contribution is 0.0600. The number of hydrogen-bond donors (Lipinski definition) is 1. The fourth-order valence-corrected chi connectivity index (χ4v) is 2.13. The number of ether oxygens (including phenoxy) is 1. The molecule has 0 bridgehead atoms. The maximum absolute atomic E-state index is 11.4. The number of nitrogens with two attached hydrogens (primary N) is 1. The van der Waals surface area contributed by atoms with Crippen LogP contribution in [0.2, 0.25) is 0 Å². The summed E-state index contributed by atoms with van der Waals surface area (Å²) in [4.78, 5) is 24.4. The van der Waals surface area contributed by atoms with E-state index in [-0.39, 0.29) is 17.4 Å². The Morgan fingerprint density at radius 1 is 1.47 bits per heavy atom. The Bertz CT molecular complexity index is 479. The first kappa shape index (κ1) is 13.7. The van der Waals surface area contributed by atoms with Crippen molar-refractivity contribution in [3.05, 3.63) is 17.6 Å². The van der Waals surface area contributed by atoms with Gasteiger partial charge in [0.1, 0.15) is 17.2 Å². The van der Waals surface area contributed by atoms with Crippen molar-refractivity contribution < 1.29 is 9.53 Å². The molecule has 0 saturated carbocycles. The highest BCUT2D eigenvalue weighted by molar-refractivity contribution is 5.93. The topological polar surface area (TPSA) is 84.6 Å². The van der Waals surface area contributed by atoms with Crippen molar-refractivity contribution in [2.75, 3.05) is 46.6 Å². The first-order valence-electron chi connectivity index (χ1n) is 6.12. The van der Waals surface area contributed by atoms with Crippen molar-refractivity contribution in [3.8, 4) is 0 Å². The number of nitrogens with zero attached hydrogens (tertiary/aromatic N) is 4. The van der Waals surface area contributed by atoms with Gasteiger partial charge in [-0.25, -0.2) is 14.8 Å². The molecule has 2 rings (SSSR count). The minimum absolute atomic E-state index is 0.0905. The molecule has 104 valence electrons. The molecule has 7 nitrogen and oxygen atoms in total. The third-order valence-corrected chi connectivity index (χ3v) is 3.39. The second kappa shape index (κ2) is 5.50. The van der Waals surface area contributed by atoms with Crippen molar-refractivity contribution in [1.82, 2.24) is 19.8 Å². The SMILES string of the molecule is COC(=O)c1cnc(C2CN(C)CCN2C)nc1N. The van der Waals surface area contributed by atoms with Gasteiger partial charge in [0, 0.05) is 25.8 Å². The summed E-state index contributed by atoms with van der Waals surface area (Å²) in [6.07, 6.45) is 1.44. The predicted molar refractivity (Wildman–Crippen MR) is 70.7 cm³/mol. The van der Waals surface area contributed by atoms with E-state index in [2.05, 4.69) is 31.6 Å². The molecule has 1 aromatic heterocycles. The molecule has 1 aliphatic heterocycles. The molecule has 1 aliphatic rings. The number of anilines is 1. The zero-order chi connectivity index (χ0) is 14.0. The molecule has 0 amide bonds. The Labute approximate surface area is 112 Å². The third-order valence-electron chi connectivity index (χ3n) is 3.39. The highest BCUT2D eigenvalue weighted by Crippen LogP contribution is 2.21. The summed E-state index contributed by atoms with van der Waals surface area (Å²) in [6.45, 7) is 2.80. The van der Waals surface area contributed by atoms with E-state index in [0.717, 1.165) is 19.6 Å². The fraction of sp³-hybridized carbons (Fsp3) is 0.583. The summed E-state index contributed by atoms with van der Waals surface area (Å²) in [5.74, 6) is 0.288. The number of piperazine rings is 1. The van der Waals surface area contributed by atoms with Crippen molar-refractivity contribution in [1.29, 1.82) is 0 Å². The summed E-state index contributed by atoms with van der Waals surface area (Å²) in [6, 6.07) is 0.0905. The van der Waals surface area contributed by atoms with E-state index in [0.29, 0.717) is 5.82 Å². The van der Waals surface area contributed by atoms with Crippen LogP contribution in [0.1, 0.15) is 22.2 Å². The summed E-state index contributed by atoms with van der Waals surface area (Å²) in [5, 5.41) is 0. The van der Waals surface area contributed by atoms with Crippen LogP contribution >= 0.6 is 0 Å². The lowest BCUT2D eigenvalue weighted by Gasteiger charge is -2.36. The molecule has 0 spiro atoms. The zero-order valence-corrected chi connectivity index (χ0v) is 11.5. The maximum atomic E-state index is 11.4. The van der Waals surface area contributed by atoms with E-state index in [9.17, 15) is 4.79 Å². The van der Waals surface area contributed by atoms with Crippen LogP contribution in [0.25, 0.3) is 0 Å². The molecular formula is C12H19N5O2. The van der Waals surface area contributed by atoms with Crippen LogP contribution in [-0.2, 0) is 4.74 Å². The molecule has 1 aromatic rings. The fourth-order valence-electron chi connectivity index (χ4n) is 2.13. The third kappa shape index (κ3) is 2.82. The molecule has 19 heavy (non-hydrogen) atoms. The van der Waals surface area contributed by atoms with Crippen LogP contribution in [0, 0.1) is 0 Å². The van der Waals surface area contributed by atoms with Gasteiger partial charge < -0.3 is 15.4 Å². The van der Waals surface area contributed by atoms with Gasteiger partial charge in [0.05, 0.1) is 13.2 Å². The molecule has 0 radical (unpaired) electrons. The van der Waals surface area contributed by atoms with Gasteiger partial charge in [-0.05, 0) is 14.1 Å². The number of carbonyl (C=O) groups excluding carboxylic acids is 1. The number of likely N-dealkylation sites (N-methyl/N-ethyl adjacent to an activating group) is 2. The minimum atomic E-state index is -0.516. The Kier molecular flexibility index (Phi) is 3.96. The van der Waals surface area contributed by atoms with Crippen LogP contribution in [-0.4, -0.2) is 66.6 Å². The number of rotatable bonds is 2. The normalized spacial score (nSPS) is 21.3. The van der Waals surface area contributed by atoms with Crippen LogP contribution in [0.15, 0.2) is 6.20 Å². The first-order chi connectivity index (χ1) is 9.02. The van der Waals surface area contributed by atoms with Gasteiger partial charge in [0.15, 0.2) is 0 Å². The quantitative estimate of drug-likeness (QED) is 0.739. The maximum Gasteiger partial charge on any atom is 0.343 e. The van der Waals surface area contributed by atoms with Gasteiger partial charge in [-0.15, -0.1) is 0 Å². The molecule has 0 aromatic carbocycles. The Morgan fingerprint density at radius 3 is 2.84 bits per heavy atom. The van der Waals surface area contributed by atoms with Crippen molar-refractivity contribution in [2.24, 2.45) is 0 Å². The van der Waals surface area contributed by atoms with Crippen molar-refractivity contribution >= 4 is 11.8 Å². The number of methoxy groups -OCH3 is 1. The molecule has 1 saturated heterocycles.